The van der Waals surface area contributed by atoms with Crippen LogP contribution >= 0.6 is 31.3 Å². The predicted molar refractivity (Wildman–Crippen MR) is 323 cm³/mol. The number of phosphoric acid groups is 4. The minimum absolute atomic E-state index is 0.0154. The quantitative estimate of drug-likeness (QED) is 0.0249. The van der Waals surface area contributed by atoms with Crippen LogP contribution in [0.3, 0.4) is 0 Å². The van der Waals surface area contributed by atoms with Gasteiger partial charge in [-0.05, 0) is 19.1 Å². The van der Waals surface area contributed by atoms with E-state index in [2.05, 4.69) is 44.9 Å². The molecule has 0 saturated carbocycles. The van der Waals surface area contributed by atoms with E-state index in [0.717, 1.165) is 26.2 Å². The summed E-state index contributed by atoms with van der Waals surface area (Å²) in [6.07, 6.45) is -16.2. The number of phosphoric ester groups is 4. The van der Waals surface area contributed by atoms with Gasteiger partial charge in [-0.15, -0.1) is 0 Å². The molecule has 98 heavy (non-hydrogen) atoms. The van der Waals surface area contributed by atoms with Gasteiger partial charge in [0.15, 0.2) is 22.6 Å². The summed E-state index contributed by atoms with van der Waals surface area (Å²) in [6.45, 7) is -3.22. The monoisotopic (exact) mass is 1460 g/mol. The van der Waals surface area contributed by atoms with Crippen LogP contribution in [0.2, 0.25) is 0 Å². The Morgan fingerprint density at radius 1 is 0.520 bits per heavy atom. The topological polar surface area (TPSA) is 646 Å². The molecule has 4 unspecified atom stereocenters. The number of ether oxygens (including phenoxy) is 5. The second kappa shape index (κ2) is 28.0. The first-order valence-corrected chi connectivity index (χ1v) is 35.2. The third-order valence-corrected chi connectivity index (χ3v) is 20.1. The second-order valence-corrected chi connectivity index (χ2v) is 28.3. The summed E-state index contributed by atoms with van der Waals surface area (Å²) in [6, 6.07) is 2.52. The number of aromatic nitrogens is 14. The number of nitrogen functional groups attached to an aromatic ring is 4. The Kier molecular flexibility index (Phi) is 20.2. The summed E-state index contributed by atoms with van der Waals surface area (Å²) in [5.74, 6) is -0.568. The van der Waals surface area contributed by atoms with E-state index in [1.165, 1.54) is 53.2 Å². The molecule has 0 bridgehead atoms. The summed E-state index contributed by atoms with van der Waals surface area (Å²) in [5, 5.41) is 21.0. The number of nitrogens with one attached hydrogen (secondary N) is 2. The van der Waals surface area contributed by atoms with Gasteiger partial charge in [-0.2, -0.15) is 15.0 Å². The number of rotatable bonds is 26. The van der Waals surface area contributed by atoms with Gasteiger partial charge in [0, 0.05) is 56.3 Å². The highest BCUT2D eigenvalue weighted by atomic mass is 31.2. The molecule has 7 aromatic heterocycles. The first-order valence-electron chi connectivity index (χ1n) is 29.2. The van der Waals surface area contributed by atoms with Crippen LogP contribution in [0.5, 0.6) is 0 Å². The lowest BCUT2D eigenvalue weighted by Crippen LogP contribution is -2.33. The number of fused-ring (bicyclic) bond motifs is 2. The fourth-order valence-electron chi connectivity index (χ4n) is 11.4. The third kappa shape index (κ3) is 15.7. The van der Waals surface area contributed by atoms with E-state index in [1.54, 1.807) is 0 Å². The van der Waals surface area contributed by atoms with Crippen molar-refractivity contribution in [2.75, 3.05) is 56.0 Å². The lowest BCUT2D eigenvalue weighted by molar-refractivity contribution is -0.0643. The van der Waals surface area contributed by atoms with E-state index in [0.29, 0.717) is 0 Å². The SMILES string of the molecule is Cc1cn([C@H]2C[C@H](OP(=O)(O)OC[C@H]3O[C@@H](n4cnc5c(N)ncnc54)C[C@@H]3OP(=O)(O)OC[C@H]3O[C@@H](n4ccc(N)nc4=O)C[C@@H]3OP(=O)(O)OC[C@H]3O[C@@H](n4cnc5c(=O)[nH]c(N)nc54)C[C@@H]3O)[C@@H](COP(=O)(O)O[C@H]3C[C@H](n4ccc(N)nc4=O)O[C@@H]3CO)O2)c(=O)[nH]c1=O. The van der Waals surface area contributed by atoms with Crippen molar-refractivity contribution in [2.24, 2.45) is 0 Å². The number of nitrogens with two attached hydrogens (primary N) is 4. The van der Waals surface area contributed by atoms with E-state index < -0.39 is 204 Å². The van der Waals surface area contributed by atoms with Crippen LogP contribution in [0.25, 0.3) is 22.3 Å². The van der Waals surface area contributed by atoms with Crippen LogP contribution in [0.15, 0.2) is 73.7 Å². The van der Waals surface area contributed by atoms with Gasteiger partial charge >= 0.3 is 48.4 Å². The van der Waals surface area contributed by atoms with E-state index >= 15 is 0 Å². The van der Waals surface area contributed by atoms with Gasteiger partial charge in [-0.1, -0.05) is 0 Å². The molecule has 46 nitrogen and oxygen atoms in total. The molecule has 12 heterocycles. The van der Waals surface area contributed by atoms with Crippen LogP contribution in [0, 0.1) is 6.92 Å². The molecule has 12 rings (SSSR count). The third-order valence-electron chi connectivity index (χ3n) is 16.0. The molecule has 0 radical (unpaired) electrons. The zero-order chi connectivity index (χ0) is 69.9. The first kappa shape index (κ1) is 70.6. The molecule has 5 aliphatic heterocycles. The standard InChI is InChI=1S/C48H62N18O28P4/c1-20-11-64(48(73)61-43(20)69)36-9-24(29(89-36)15-83-96(76,77)91-22-7-34(86-26(22)12-67)62-4-2-31(49)57-46(62)71)93-97(78,79)85-16-30-25(10-37(90-30)65-18-55-38-40(51)53-17-54-41(38)65)94-98(80,81)84-14-28-23(8-35(88-28)63-5-3-32(50)58-47(63)72)92-95(74,75)82-13-27-21(68)6-33(87-27)66-19-56-39-42(66)59-45(52)60-44(39)70/h2-5,11,17-19,21-30,33-37,67-68H,6-10,12-16H2,1H3,(H,74,75)(H,76,77)(H,78,79)(H,80,81)(H2,49,57,71)(H2,50,58,72)(H2,51,53,54)(H,61,69,73)(H3,52,59,60,70)/t21-,22-,23-,24-,25-,26+,27+,28+,29+,30+,33+,34+,35+,36+,37+/m0/s1. The number of aryl methyl sites for hydroxylation is 1. The average Bonchev–Trinajstić information content (AvgIpc) is 2.56. The highest BCUT2D eigenvalue weighted by Gasteiger charge is 2.50. The Morgan fingerprint density at radius 2 is 0.939 bits per heavy atom. The number of H-pyrrole nitrogens is 2. The van der Waals surface area contributed by atoms with Gasteiger partial charge in [-0.25, -0.2) is 52.6 Å². The lowest BCUT2D eigenvalue weighted by Gasteiger charge is -2.25. The van der Waals surface area contributed by atoms with Crippen LogP contribution in [0.1, 0.15) is 68.8 Å². The van der Waals surface area contributed by atoms with Gasteiger partial charge in [0.2, 0.25) is 5.95 Å². The number of hydrogen-bond donors (Lipinski definition) is 12. The van der Waals surface area contributed by atoms with Gasteiger partial charge in [0.05, 0.1) is 51.8 Å². The Morgan fingerprint density at radius 3 is 1.43 bits per heavy atom. The van der Waals surface area contributed by atoms with Gasteiger partial charge < -0.3 is 76.4 Å². The number of aliphatic hydroxyl groups is 2. The summed E-state index contributed by atoms with van der Waals surface area (Å²) in [4.78, 5) is 141. The van der Waals surface area contributed by atoms with Crippen molar-refractivity contribution >= 4 is 77.0 Å². The van der Waals surface area contributed by atoms with Gasteiger partial charge in [0.1, 0.15) is 110 Å². The van der Waals surface area contributed by atoms with E-state index in [1.807, 2.05) is 0 Å². The molecule has 16 N–H and O–H groups in total. The first-order chi connectivity index (χ1) is 46.4. The Labute approximate surface area is 545 Å². The van der Waals surface area contributed by atoms with Gasteiger partial charge in [0.25, 0.3) is 11.1 Å². The largest absolute Gasteiger partial charge is 0.472 e. The average molecular weight is 1460 g/mol. The van der Waals surface area contributed by atoms with Crippen molar-refractivity contribution < 1.29 is 108 Å². The molecule has 0 aliphatic carbocycles. The fraction of sp³-hybridized carbons (Fsp3) is 0.542. The molecule has 5 aliphatic rings. The number of anilines is 4. The summed E-state index contributed by atoms with van der Waals surface area (Å²) < 4.78 is 134. The molecule has 19 atom stereocenters. The summed E-state index contributed by atoms with van der Waals surface area (Å²) >= 11 is 0. The lowest BCUT2D eigenvalue weighted by atomic mass is 10.2. The predicted octanol–water partition coefficient (Wildman–Crippen LogP) is -2.54. The summed E-state index contributed by atoms with van der Waals surface area (Å²) in [7, 11) is -21.5. The normalized spacial score (nSPS) is 29.8. The van der Waals surface area contributed by atoms with Crippen molar-refractivity contribution in [3.8, 4) is 0 Å². The molecule has 0 amide bonds. The van der Waals surface area contributed by atoms with Crippen molar-refractivity contribution in [2.45, 2.75) is 131 Å². The molecule has 0 aromatic carbocycles. The van der Waals surface area contributed by atoms with Crippen LogP contribution in [-0.4, -0.2) is 192 Å². The van der Waals surface area contributed by atoms with Crippen molar-refractivity contribution in [3.05, 3.63) is 107 Å². The van der Waals surface area contributed by atoms with Crippen LogP contribution in [-0.2, 0) is 78.1 Å². The Balaban J connectivity index is 0.732. The number of hydrogen-bond acceptors (Lipinski definition) is 35. The van der Waals surface area contributed by atoms with Gasteiger partial charge in [-0.3, -0.25) is 78.6 Å². The van der Waals surface area contributed by atoms with E-state index in [9.17, 15) is 72.0 Å². The minimum atomic E-state index is -5.50. The number of nitrogens with zero attached hydrogens (tertiary/aromatic N) is 12. The number of aliphatic hydroxyl groups excluding tert-OH is 2. The summed E-state index contributed by atoms with van der Waals surface area (Å²) in [5.41, 5.74) is 19.0. The smallest absolute Gasteiger partial charge is 0.394 e. The highest BCUT2D eigenvalue weighted by Crippen LogP contribution is 2.55. The maximum atomic E-state index is 14.2. The minimum Gasteiger partial charge on any atom is -0.394 e. The maximum Gasteiger partial charge on any atom is 0.472 e. The molecule has 0 spiro atoms. The zero-order valence-corrected chi connectivity index (χ0v) is 54.1. The Hall–Kier alpha value is -7.30. The second-order valence-electron chi connectivity index (χ2n) is 22.6. The molecule has 532 valence electrons. The van der Waals surface area contributed by atoms with Crippen LogP contribution < -0.4 is 51.1 Å². The Bertz CT molecular complexity index is 4650. The van der Waals surface area contributed by atoms with E-state index in [4.69, 9.17) is 82.8 Å². The molecular weight excluding hydrogens is 1400 g/mol. The molecule has 5 fully saturated rings. The fourth-order valence-corrected chi connectivity index (χ4v) is 15.2. The molecule has 7 aromatic rings. The molecule has 5 saturated heterocycles. The van der Waals surface area contributed by atoms with Crippen LogP contribution in [0.4, 0.5) is 23.4 Å². The van der Waals surface area contributed by atoms with E-state index in [-0.39, 0.29) is 64.1 Å². The zero-order valence-electron chi connectivity index (χ0n) is 50.5. The van der Waals surface area contributed by atoms with Crippen molar-refractivity contribution in [3.63, 3.8) is 0 Å². The maximum absolute atomic E-state index is 14.2. The number of imidazole rings is 2. The molecular formula is C48H62N18O28P4. The highest BCUT2D eigenvalue weighted by molar-refractivity contribution is 7.48. The number of aromatic amines is 2. The van der Waals surface area contributed by atoms with Crippen molar-refractivity contribution in [1.29, 1.82) is 0 Å². The van der Waals surface area contributed by atoms with Crippen molar-refractivity contribution in [1.82, 2.24) is 67.7 Å². The molecule has 50 heteroatoms.